The Kier molecular flexibility index (Phi) is 7.31. The van der Waals surface area contributed by atoms with Gasteiger partial charge in [-0.1, -0.05) is 11.6 Å². The Hall–Kier alpha value is -3.01. The number of sulfonamides is 1. The smallest absolute Gasteiger partial charge is 0.310 e. The summed E-state index contributed by atoms with van der Waals surface area (Å²) in [6.07, 6.45) is 0.338. The van der Waals surface area contributed by atoms with Gasteiger partial charge in [-0.2, -0.15) is 4.31 Å². The number of amides is 2. The lowest BCUT2D eigenvalue weighted by Gasteiger charge is -2.40. The number of aromatic amines is 1. The van der Waals surface area contributed by atoms with E-state index in [1.807, 2.05) is 0 Å². The number of morpholine rings is 1. The number of fused-ring (bicyclic) bond motifs is 2. The van der Waals surface area contributed by atoms with E-state index in [1.165, 1.54) is 15.3 Å². The maximum absolute atomic E-state index is 13.7. The number of nitrogens with one attached hydrogen (secondary N) is 2. The standard InChI is InChI=1S/C25H29ClN6O7S/c26-17-1-2-19-16(11-17)12-22(27-19)40(36,37)31-5-6-32(18(14-31)13-23(33)29-7-9-38-10-8-29)25(34)24-28-20-3-4-30(35)15-21(20)39-24/h1-2,11-12,18,27,30H,3-10,13-15H2. The third kappa shape index (κ3) is 5.22. The molecule has 2 amide bonds. The highest BCUT2D eigenvalue weighted by atomic mass is 35.5. The molecule has 214 valence electrons. The van der Waals surface area contributed by atoms with Gasteiger partial charge in [-0.05, 0) is 24.3 Å². The van der Waals surface area contributed by atoms with Crippen LogP contribution in [0.15, 0.2) is 33.7 Å². The predicted molar refractivity (Wildman–Crippen MR) is 142 cm³/mol. The van der Waals surface area contributed by atoms with E-state index >= 15 is 0 Å². The van der Waals surface area contributed by atoms with Gasteiger partial charge in [0.25, 0.3) is 15.9 Å². The number of hydroxylamine groups is 2. The summed E-state index contributed by atoms with van der Waals surface area (Å²) < 4.78 is 39.7. The van der Waals surface area contributed by atoms with Crippen LogP contribution < -0.4 is 5.06 Å². The molecule has 3 aliphatic heterocycles. The minimum absolute atomic E-state index is 0.00726. The fraction of sp³-hybridized carbons (Fsp3) is 0.480. The van der Waals surface area contributed by atoms with E-state index in [0.29, 0.717) is 66.6 Å². The number of rotatable bonds is 5. The molecule has 40 heavy (non-hydrogen) atoms. The van der Waals surface area contributed by atoms with Gasteiger partial charge in [0.15, 0.2) is 5.76 Å². The number of hydrogen-bond donors (Lipinski definition) is 2. The number of halogens is 1. The van der Waals surface area contributed by atoms with Crippen LogP contribution in [0, 0.1) is 5.21 Å². The average molecular weight is 593 g/mol. The van der Waals surface area contributed by atoms with E-state index in [2.05, 4.69) is 9.97 Å². The second-order valence-electron chi connectivity index (χ2n) is 10.2. The van der Waals surface area contributed by atoms with Crippen LogP contribution >= 0.6 is 11.6 Å². The molecule has 6 rings (SSSR count). The number of nitrogens with zero attached hydrogens (tertiary/aromatic N) is 4. The molecule has 15 heteroatoms. The summed E-state index contributed by atoms with van der Waals surface area (Å²) in [5, 5.41) is 13.0. The average Bonchev–Trinajstić information content (AvgIpc) is 3.57. The third-order valence-corrected chi connectivity index (χ3v) is 9.64. The molecule has 0 radical (unpaired) electrons. The normalized spacial score (nSPS) is 22.4. The molecular formula is C25H29ClN6O7S. The van der Waals surface area contributed by atoms with Crippen LogP contribution in [-0.4, -0.2) is 103 Å². The van der Waals surface area contributed by atoms with E-state index in [1.54, 1.807) is 23.1 Å². The summed E-state index contributed by atoms with van der Waals surface area (Å²) in [7, 11) is -3.98. The first-order chi connectivity index (χ1) is 19.2. The SMILES string of the molecule is O=C(CC1CN(S(=O)(=O)c2cc3cc(Cl)ccc3[nH]2)CCN1C(=O)c1nc2c(o1)C[NH+]([O-])CC2)N1CCOCC1. The molecule has 2 saturated heterocycles. The first-order valence-corrected chi connectivity index (χ1v) is 15.0. The molecular weight excluding hydrogens is 564 g/mol. The summed E-state index contributed by atoms with van der Waals surface area (Å²) in [6.45, 7) is 2.12. The van der Waals surface area contributed by atoms with Gasteiger partial charge in [-0.15, -0.1) is 0 Å². The fourth-order valence-electron chi connectivity index (χ4n) is 5.44. The minimum atomic E-state index is -3.98. The largest absolute Gasteiger partial charge is 0.634 e. The van der Waals surface area contributed by atoms with Gasteiger partial charge in [0.05, 0.1) is 31.5 Å². The molecule has 1 aromatic carbocycles. The van der Waals surface area contributed by atoms with Gasteiger partial charge in [0.1, 0.15) is 11.6 Å². The van der Waals surface area contributed by atoms with Crippen LogP contribution in [0.1, 0.15) is 28.6 Å². The molecule has 2 N–H and O–H groups in total. The lowest BCUT2D eigenvalue weighted by atomic mass is 10.1. The molecule has 2 unspecified atom stereocenters. The number of benzene rings is 1. The summed E-state index contributed by atoms with van der Waals surface area (Å²) in [5.41, 5.74) is 1.21. The maximum atomic E-state index is 13.7. The number of carbonyl (C=O) groups excluding carboxylic acids is 2. The number of H-pyrrole nitrogens is 1. The van der Waals surface area contributed by atoms with Crippen LogP contribution in [0.2, 0.25) is 5.02 Å². The van der Waals surface area contributed by atoms with Gasteiger partial charge < -0.3 is 34.2 Å². The zero-order chi connectivity index (χ0) is 28.0. The van der Waals surface area contributed by atoms with Crippen molar-refractivity contribution in [1.82, 2.24) is 24.1 Å². The maximum Gasteiger partial charge on any atom is 0.310 e. The number of carbonyl (C=O) groups is 2. The van der Waals surface area contributed by atoms with Crippen LogP contribution in [0.5, 0.6) is 0 Å². The van der Waals surface area contributed by atoms with Crippen molar-refractivity contribution >= 4 is 44.3 Å². The van der Waals surface area contributed by atoms with Gasteiger partial charge in [-0.3, -0.25) is 9.59 Å². The van der Waals surface area contributed by atoms with Crippen LogP contribution in [0.3, 0.4) is 0 Å². The van der Waals surface area contributed by atoms with Gasteiger partial charge in [-0.25, -0.2) is 13.4 Å². The highest BCUT2D eigenvalue weighted by molar-refractivity contribution is 7.89. The molecule has 0 spiro atoms. The lowest BCUT2D eigenvalue weighted by molar-refractivity contribution is -0.865. The number of ether oxygens (including phenoxy) is 1. The summed E-state index contributed by atoms with van der Waals surface area (Å²) >= 11 is 6.07. The number of piperazine rings is 1. The van der Waals surface area contributed by atoms with Crippen molar-refractivity contribution in [3.63, 3.8) is 0 Å². The Morgan fingerprint density at radius 1 is 1.18 bits per heavy atom. The van der Waals surface area contributed by atoms with Crippen molar-refractivity contribution in [3.8, 4) is 0 Å². The Bertz CT molecular complexity index is 1550. The summed E-state index contributed by atoms with van der Waals surface area (Å²) in [4.78, 5) is 37.2. The molecule has 5 heterocycles. The number of quaternary nitrogens is 1. The number of hydrogen-bond acceptors (Lipinski definition) is 8. The highest BCUT2D eigenvalue weighted by Crippen LogP contribution is 2.27. The molecule has 2 aromatic heterocycles. The summed E-state index contributed by atoms with van der Waals surface area (Å²) in [5.74, 6) is -0.477. The van der Waals surface area contributed by atoms with Crippen molar-refractivity contribution in [1.29, 1.82) is 0 Å². The van der Waals surface area contributed by atoms with E-state index in [4.69, 9.17) is 20.8 Å². The molecule has 0 aliphatic carbocycles. The quantitative estimate of drug-likeness (QED) is 0.393. The summed E-state index contributed by atoms with van der Waals surface area (Å²) in [6, 6.07) is 5.83. The van der Waals surface area contributed by atoms with Gasteiger partial charge in [0.2, 0.25) is 5.91 Å². The number of aromatic nitrogens is 2. The van der Waals surface area contributed by atoms with Crippen LogP contribution in [0.25, 0.3) is 10.9 Å². The zero-order valence-electron chi connectivity index (χ0n) is 21.6. The molecule has 0 bridgehead atoms. The third-order valence-electron chi connectivity index (χ3n) is 7.62. The number of oxazole rings is 1. The van der Waals surface area contributed by atoms with Gasteiger partial charge in [0, 0.05) is 61.5 Å². The van der Waals surface area contributed by atoms with E-state index in [-0.39, 0.29) is 54.5 Å². The van der Waals surface area contributed by atoms with Crippen molar-refractivity contribution in [3.05, 3.63) is 51.8 Å². The zero-order valence-corrected chi connectivity index (χ0v) is 23.2. The second-order valence-corrected chi connectivity index (χ2v) is 12.5. The molecule has 2 atom stereocenters. The topological polar surface area (TPSA) is 157 Å². The van der Waals surface area contributed by atoms with Crippen molar-refractivity contribution in [2.24, 2.45) is 0 Å². The van der Waals surface area contributed by atoms with Crippen molar-refractivity contribution in [2.45, 2.75) is 30.5 Å². The van der Waals surface area contributed by atoms with E-state index < -0.39 is 22.0 Å². The molecule has 13 nitrogen and oxygen atoms in total. The Morgan fingerprint density at radius 3 is 2.77 bits per heavy atom. The first-order valence-electron chi connectivity index (χ1n) is 13.1. The molecule has 3 aromatic rings. The Balaban J connectivity index is 1.27. The monoisotopic (exact) mass is 592 g/mol. The lowest BCUT2D eigenvalue weighted by Crippen LogP contribution is -3.06. The second kappa shape index (κ2) is 10.8. The van der Waals surface area contributed by atoms with Crippen molar-refractivity contribution in [2.75, 3.05) is 52.5 Å². The van der Waals surface area contributed by atoms with E-state index in [0.717, 1.165) is 0 Å². The van der Waals surface area contributed by atoms with Crippen LogP contribution in [0.4, 0.5) is 0 Å². The Morgan fingerprint density at radius 2 is 1.98 bits per heavy atom. The minimum Gasteiger partial charge on any atom is -0.634 e. The molecule has 0 saturated carbocycles. The van der Waals surface area contributed by atoms with E-state index in [9.17, 15) is 23.2 Å². The molecule has 2 fully saturated rings. The first kappa shape index (κ1) is 27.2. The molecule has 3 aliphatic rings. The fourth-order valence-corrected chi connectivity index (χ4v) is 7.11. The predicted octanol–water partition coefficient (Wildman–Crippen LogP) is 0.0123. The van der Waals surface area contributed by atoms with Crippen LogP contribution in [-0.2, 0) is 32.5 Å². The highest BCUT2D eigenvalue weighted by Gasteiger charge is 2.40. The van der Waals surface area contributed by atoms with Gasteiger partial charge >= 0.3 is 5.91 Å². The van der Waals surface area contributed by atoms with Crippen molar-refractivity contribution < 1.29 is 32.2 Å². The Labute approximate surface area is 235 Å².